The van der Waals surface area contributed by atoms with Crippen LogP contribution in [0, 0.1) is 0 Å². The topological polar surface area (TPSA) is 68.3 Å². The third kappa shape index (κ3) is 7.00. The van der Waals surface area contributed by atoms with Gasteiger partial charge in [0.05, 0.1) is 25.6 Å². The number of nitrogens with zero attached hydrogens (tertiary/aromatic N) is 2. The zero-order valence-electron chi connectivity index (χ0n) is 25.9. The number of carbonyl (C=O) groups excluding carboxylic acids is 2. The van der Waals surface area contributed by atoms with Gasteiger partial charge in [0.25, 0.3) is 11.8 Å². The van der Waals surface area contributed by atoms with Gasteiger partial charge in [-0.05, 0) is 97.1 Å². The summed E-state index contributed by atoms with van der Waals surface area (Å²) in [5.74, 6) is 1.98. The SMILES string of the molecule is COc1ccc(C(=O)N(c2ccccc2)c2cccc(Oc3cccc(N(C(=O)c4ccc(OC)cc4)c4ccccc4)c3)c2)cc1. The maximum atomic E-state index is 13.9. The summed E-state index contributed by atoms with van der Waals surface area (Å²) < 4.78 is 16.9. The van der Waals surface area contributed by atoms with Crippen LogP contribution in [0.3, 0.4) is 0 Å². The van der Waals surface area contributed by atoms with Crippen LogP contribution < -0.4 is 24.0 Å². The molecule has 0 aromatic heterocycles. The van der Waals surface area contributed by atoms with Crippen molar-refractivity contribution in [2.75, 3.05) is 24.0 Å². The molecular formula is C40H32N2O5. The van der Waals surface area contributed by atoms with E-state index in [1.807, 2.05) is 109 Å². The Bertz CT molecular complexity index is 1820. The number of para-hydroxylation sites is 2. The number of ether oxygens (including phenoxy) is 3. The van der Waals surface area contributed by atoms with Gasteiger partial charge in [-0.25, -0.2) is 0 Å². The number of anilines is 4. The largest absolute Gasteiger partial charge is 0.497 e. The maximum Gasteiger partial charge on any atom is 0.262 e. The molecule has 0 aliphatic carbocycles. The highest BCUT2D eigenvalue weighted by Gasteiger charge is 2.22. The first kappa shape index (κ1) is 30.7. The quantitative estimate of drug-likeness (QED) is 0.153. The summed E-state index contributed by atoms with van der Waals surface area (Å²) in [6.45, 7) is 0. The van der Waals surface area contributed by atoms with E-state index in [4.69, 9.17) is 14.2 Å². The van der Waals surface area contributed by atoms with Crippen LogP contribution in [0.5, 0.6) is 23.0 Å². The van der Waals surface area contributed by atoms with Crippen molar-refractivity contribution in [2.45, 2.75) is 0 Å². The summed E-state index contributed by atoms with van der Waals surface area (Å²) >= 11 is 0. The Morgan fingerprint density at radius 2 is 0.766 bits per heavy atom. The van der Waals surface area contributed by atoms with Gasteiger partial charge in [-0.3, -0.25) is 19.4 Å². The van der Waals surface area contributed by atoms with Crippen molar-refractivity contribution >= 4 is 34.6 Å². The third-order valence-electron chi connectivity index (χ3n) is 7.50. The van der Waals surface area contributed by atoms with Crippen molar-refractivity contribution in [3.8, 4) is 23.0 Å². The predicted octanol–water partition coefficient (Wildman–Crippen LogP) is 9.45. The first-order chi connectivity index (χ1) is 23.0. The molecule has 0 heterocycles. The highest BCUT2D eigenvalue weighted by atomic mass is 16.5. The first-order valence-corrected chi connectivity index (χ1v) is 15.0. The second-order valence-electron chi connectivity index (χ2n) is 10.5. The molecule has 6 aromatic carbocycles. The summed E-state index contributed by atoms with van der Waals surface area (Å²) in [7, 11) is 3.18. The number of hydrogen-bond acceptors (Lipinski definition) is 5. The molecule has 7 nitrogen and oxygen atoms in total. The Labute approximate surface area is 273 Å². The molecule has 0 aliphatic rings. The summed E-state index contributed by atoms with van der Waals surface area (Å²) in [6, 6.07) is 47.7. The van der Waals surface area contributed by atoms with Crippen LogP contribution >= 0.6 is 0 Å². The zero-order chi connectivity index (χ0) is 32.6. The molecule has 0 aliphatic heterocycles. The second-order valence-corrected chi connectivity index (χ2v) is 10.5. The van der Waals surface area contributed by atoms with Crippen molar-refractivity contribution in [3.05, 3.63) is 169 Å². The number of hydrogen-bond donors (Lipinski definition) is 0. The Morgan fingerprint density at radius 3 is 1.13 bits per heavy atom. The van der Waals surface area contributed by atoms with Gasteiger partial charge in [0.15, 0.2) is 0 Å². The van der Waals surface area contributed by atoms with E-state index in [2.05, 4.69) is 0 Å². The van der Waals surface area contributed by atoms with Gasteiger partial charge in [-0.2, -0.15) is 0 Å². The molecule has 0 bridgehead atoms. The number of carbonyl (C=O) groups is 2. The normalized spacial score (nSPS) is 10.5. The van der Waals surface area contributed by atoms with E-state index in [1.54, 1.807) is 72.6 Å². The zero-order valence-corrected chi connectivity index (χ0v) is 25.9. The average molecular weight is 621 g/mol. The molecule has 2 amide bonds. The van der Waals surface area contributed by atoms with Gasteiger partial charge in [0, 0.05) is 34.6 Å². The van der Waals surface area contributed by atoms with Crippen LogP contribution in [0.25, 0.3) is 0 Å². The Kier molecular flexibility index (Phi) is 9.25. The van der Waals surface area contributed by atoms with E-state index >= 15 is 0 Å². The van der Waals surface area contributed by atoms with E-state index < -0.39 is 0 Å². The fourth-order valence-electron chi connectivity index (χ4n) is 5.15. The van der Waals surface area contributed by atoms with Gasteiger partial charge < -0.3 is 14.2 Å². The summed E-state index contributed by atoms with van der Waals surface area (Å²) in [6.07, 6.45) is 0. The molecule has 0 radical (unpaired) electrons. The highest BCUT2D eigenvalue weighted by Crippen LogP contribution is 2.35. The minimum absolute atomic E-state index is 0.200. The van der Waals surface area contributed by atoms with Crippen molar-refractivity contribution in [2.24, 2.45) is 0 Å². The van der Waals surface area contributed by atoms with Crippen LogP contribution in [0.2, 0.25) is 0 Å². The standard InChI is InChI=1S/C40H32N2O5/c1-45-35-23-19-29(20-24-35)39(43)41(31-11-5-3-6-12-31)33-15-9-17-37(27-33)47-38-18-10-16-34(28-38)42(32-13-7-4-8-14-32)40(44)30-21-25-36(46-2)26-22-30/h3-28H,1-2H3. The molecule has 0 unspecified atom stereocenters. The molecule has 6 aromatic rings. The summed E-state index contributed by atoms with van der Waals surface area (Å²) in [5.41, 5.74) is 3.70. The molecule has 0 atom stereocenters. The van der Waals surface area contributed by atoms with Crippen molar-refractivity contribution in [1.29, 1.82) is 0 Å². The maximum absolute atomic E-state index is 13.9. The lowest BCUT2D eigenvalue weighted by molar-refractivity contribution is 0.0991. The minimum atomic E-state index is -0.200. The van der Waals surface area contributed by atoms with Crippen LogP contribution in [-0.2, 0) is 0 Å². The smallest absolute Gasteiger partial charge is 0.262 e. The lowest BCUT2D eigenvalue weighted by Gasteiger charge is -2.24. The van der Waals surface area contributed by atoms with Crippen LogP contribution in [0.15, 0.2) is 158 Å². The van der Waals surface area contributed by atoms with Gasteiger partial charge in [-0.1, -0.05) is 48.5 Å². The second kappa shape index (κ2) is 14.2. The highest BCUT2D eigenvalue weighted by molar-refractivity contribution is 6.12. The summed E-state index contributed by atoms with van der Waals surface area (Å²) in [5, 5.41) is 0. The molecule has 0 saturated carbocycles. The van der Waals surface area contributed by atoms with Gasteiger partial charge in [0.1, 0.15) is 23.0 Å². The molecule has 0 N–H and O–H groups in total. The fraction of sp³-hybridized carbons (Fsp3) is 0.0500. The fourth-order valence-corrected chi connectivity index (χ4v) is 5.15. The predicted molar refractivity (Wildman–Crippen MR) is 185 cm³/mol. The van der Waals surface area contributed by atoms with E-state index in [1.165, 1.54) is 0 Å². The number of methoxy groups -OCH3 is 2. The number of benzene rings is 6. The minimum Gasteiger partial charge on any atom is -0.497 e. The van der Waals surface area contributed by atoms with Crippen LogP contribution in [0.1, 0.15) is 20.7 Å². The molecular weight excluding hydrogens is 588 g/mol. The van der Waals surface area contributed by atoms with E-state index in [0.717, 1.165) is 0 Å². The Balaban J connectivity index is 1.32. The van der Waals surface area contributed by atoms with E-state index in [9.17, 15) is 9.59 Å². The number of rotatable bonds is 10. The van der Waals surface area contributed by atoms with Crippen molar-refractivity contribution in [3.63, 3.8) is 0 Å². The molecule has 0 saturated heterocycles. The lowest BCUT2D eigenvalue weighted by atomic mass is 10.1. The molecule has 0 spiro atoms. The molecule has 7 heteroatoms. The molecule has 47 heavy (non-hydrogen) atoms. The third-order valence-corrected chi connectivity index (χ3v) is 7.50. The molecule has 6 rings (SSSR count). The average Bonchev–Trinajstić information content (AvgIpc) is 3.13. The molecule has 232 valence electrons. The van der Waals surface area contributed by atoms with E-state index in [-0.39, 0.29) is 11.8 Å². The van der Waals surface area contributed by atoms with Crippen molar-refractivity contribution in [1.82, 2.24) is 0 Å². The number of amides is 2. The lowest BCUT2D eigenvalue weighted by Crippen LogP contribution is -2.26. The van der Waals surface area contributed by atoms with Crippen LogP contribution in [0.4, 0.5) is 22.7 Å². The Hall–Kier alpha value is -6.34. The van der Waals surface area contributed by atoms with Gasteiger partial charge >= 0.3 is 0 Å². The van der Waals surface area contributed by atoms with Gasteiger partial charge in [0.2, 0.25) is 0 Å². The summed E-state index contributed by atoms with van der Waals surface area (Å²) in [4.78, 5) is 31.1. The monoisotopic (exact) mass is 620 g/mol. The Morgan fingerprint density at radius 1 is 0.404 bits per heavy atom. The van der Waals surface area contributed by atoms with Crippen molar-refractivity contribution < 1.29 is 23.8 Å². The van der Waals surface area contributed by atoms with Crippen LogP contribution in [-0.4, -0.2) is 26.0 Å². The van der Waals surface area contributed by atoms with Gasteiger partial charge in [-0.15, -0.1) is 0 Å². The van der Waals surface area contributed by atoms with E-state index in [0.29, 0.717) is 56.9 Å². The first-order valence-electron chi connectivity index (χ1n) is 15.0. The molecule has 0 fully saturated rings.